The van der Waals surface area contributed by atoms with Gasteiger partial charge in [-0.05, 0) is 18.6 Å². The monoisotopic (exact) mass is 302 g/mol. The summed E-state index contributed by atoms with van der Waals surface area (Å²) in [7, 11) is 0. The molecule has 1 aliphatic rings. The Kier molecular flexibility index (Phi) is 5.13. The Bertz CT molecular complexity index is 614. The van der Waals surface area contributed by atoms with Crippen LogP contribution < -0.4 is 4.74 Å². The number of hydrogen-bond donors (Lipinski definition) is 0. The summed E-state index contributed by atoms with van der Waals surface area (Å²) in [5.74, 6) is 1.61. The number of benzene rings is 1. The van der Waals surface area contributed by atoms with Crippen LogP contribution in [0.3, 0.4) is 0 Å². The Morgan fingerprint density at radius 1 is 1.18 bits per heavy atom. The molecular weight excluding hydrogens is 280 g/mol. The average Bonchev–Trinajstić information content (AvgIpc) is 2.59. The zero-order valence-corrected chi connectivity index (χ0v) is 13.0. The highest BCUT2D eigenvalue weighted by atomic mass is 16.5. The highest BCUT2D eigenvalue weighted by Gasteiger charge is 2.09. The molecule has 1 aromatic carbocycles. The third kappa shape index (κ3) is 3.90. The summed E-state index contributed by atoms with van der Waals surface area (Å²) >= 11 is 0. The molecule has 2 aromatic rings. The lowest BCUT2D eigenvalue weighted by molar-refractivity contribution is 0.0358. The minimum atomic E-state index is 0.710. The topological polar surface area (TPSA) is 60.4 Å². The summed E-state index contributed by atoms with van der Waals surface area (Å²) in [6.07, 6.45) is 1.80. The summed E-state index contributed by atoms with van der Waals surface area (Å²) < 4.78 is 11.2. The SMILES string of the molecule is CCc1nnc2ccc(OCCCN3CCOCC3)cc2n1. The van der Waals surface area contributed by atoms with Gasteiger partial charge in [0.1, 0.15) is 11.3 Å². The van der Waals surface area contributed by atoms with Crippen LogP contribution >= 0.6 is 0 Å². The summed E-state index contributed by atoms with van der Waals surface area (Å²) in [5.41, 5.74) is 1.65. The van der Waals surface area contributed by atoms with Crippen molar-refractivity contribution in [1.29, 1.82) is 0 Å². The van der Waals surface area contributed by atoms with Crippen LogP contribution in [-0.4, -0.2) is 59.5 Å². The van der Waals surface area contributed by atoms with Crippen molar-refractivity contribution in [2.45, 2.75) is 19.8 Å². The highest BCUT2D eigenvalue weighted by Crippen LogP contribution is 2.17. The van der Waals surface area contributed by atoms with Crippen LogP contribution in [-0.2, 0) is 11.2 Å². The highest BCUT2D eigenvalue weighted by molar-refractivity contribution is 5.75. The van der Waals surface area contributed by atoms with E-state index in [1.54, 1.807) is 0 Å². The molecule has 1 aliphatic heterocycles. The van der Waals surface area contributed by atoms with E-state index >= 15 is 0 Å². The van der Waals surface area contributed by atoms with Gasteiger partial charge in [-0.2, -0.15) is 0 Å². The van der Waals surface area contributed by atoms with E-state index in [1.807, 2.05) is 25.1 Å². The van der Waals surface area contributed by atoms with Gasteiger partial charge in [0.05, 0.1) is 25.3 Å². The second-order valence-electron chi connectivity index (χ2n) is 5.39. The first-order chi connectivity index (χ1) is 10.8. The Balaban J connectivity index is 1.52. The van der Waals surface area contributed by atoms with E-state index in [0.717, 1.165) is 68.3 Å². The van der Waals surface area contributed by atoms with Crippen molar-refractivity contribution in [3.63, 3.8) is 0 Å². The van der Waals surface area contributed by atoms with Crippen molar-refractivity contribution in [2.24, 2.45) is 0 Å². The molecule has 118 valence electrons. The fourth-order valence-corrected chi connectivity index (χ4v) is 2.49. The largest absolute Gasteiger partial charge is 0.493 e. The molecule has 0 aliphatic carbocycles. The van der Waals surface area contributed by atoms with Crippen LogP contribution in [0.5, 0.6) is 5.75 Å². The lowest BCUT2D eigenvalue weighted by Crippen LogP contribution is -2.37. The van der Waals surface area contributed by atoms with E-state index < -0.39 is 0 Å². The maximum atomic E-state index is 5.83. The van der Waals surface area contributed by atoms with Crippen LogP contribution in [0.2, 0.25) is 0 Å². The lowest BCUT2D eigenvalue weighted by Gasteiger charge is -2.26. The van der Waals surface area contributed by atoms with E-state index in [9.17, 15) is 0 Å². The molecule has 0 radical (unpaired) electrons. The molecule has 22 heavy (non-hydrogen) atoms. The van der Waals surface area contributed by atoms with Crippen LogP contribution in [0.15, 0.2) is 18.2 Å². The quantitative estimate of drug-likeness (QED) is 0.757. The molecule has 0 amide bonds. The smallest absolute Gasteiger partial charge is 0.151 e. The molecule has 1 fully saturated rings. The van der Waals surface area contributed by atoms with E-state index in [1.165, 1.54) is 0 Å². The fourth-order valence-electron chi connectivity index (χ4n) is 2.49. The van der Waals surface area contributed by atoms with Gasteiger partial charge in [0, 0.05) is 32.1 Å². The van der Waals surface area contributed by atoms with Crippen LogP contribution in [0.1, 0.15) is 19.2 Å². The van der Waals surface area contributed by atoms with Gasteiger partial charge >= 0.3 is 0 Å². The Morgan fingerprint density at radius 3 is 2.86 bits per heavy atom. The van der Waals surface area contributed by atoms with E-state index in [0.29, 0.717) is 6.61 Å². The van der Waals surface area contributed by atoms with Crippen LogP contribution in [0.25, 0.3) is 11.0 Å². The van der Waals surface area contributed by atoms with Gasteiger partial charge in [-0.25, -0.2) is 4.98 Å². The van der Waals surface area contributed by atoms with Gasteiger partial charge in [0.15, 0.2) is 5.82 Å². The van der Waals surface area contributed by atoms with Crippen molar-refractivity contribution in [3.8, 4) is 5.75 Å². The standard InChI is InChI=1S/C16H22N4O2/c1-2-16-17-15-12-13(4-5-14(15)18-19-16)22-9-3-6-20-7-10-21-11-8-20/h4-5,12H,2-3,6-11H2,1H3. The molecule has 1 saturated heterocycles. The molecule has 0 N–H and O–H groups in total. The van der Waals surface area contributed by atoms with Crippen molar-refractivity contribution >= 4 is 11.0 Å². The maximum absolute atomic E-state index is 5.83. The molecule has 0 spiro atoms. The average molecular weight is 302 g/mol. The molecule has 0 atom stereocenters. The van der Waals surface area contributed by atoms with Gasteiger partial charge in [-0.3, -0.25) is 4.90 Å². The molecule has 1 aromatic heterocycles. The number of aromatic nitrogens is 3. The number of ether oxygens (including phenoxy) is 2. The third-order valence-corrected chi connectivity index (χ3v) is 3.78. The fraction of sp³-hybridized carbons (Fsp3) is 0.562. The molecule has 2 heterocycles. The van der Waals surface area contributed by atoms with Crippen molar-refractivity contribution in [2.75, 3.05) is 39.5 Å². The van der Waals surface area contributed by atoms with Gasteiger partial charge in [-0.1, -0.05) is 6.92 Å². The van der Waals surface area contributed by atoms with E-state index in [4.69, 9.17) is 9.47 Å². The minimum absolute atomic E-state index is 0.710. The predicted molar refractivity (Wildman–Crippen MR) is 84.1 cm³/mol. The third-order valence-electron chi connectivity index (χ3n) is 3.78. The Morgan fingerprint density at radius 2 is 2.05 bits per heavy atom. The van der Waals surface area contributed by atoms with Crippen LogP contribution in [0.4, 0.5) is 0 Å². The van der Waals surface area contributed by atoms with E-state index in [2.05, 4.69) is 20.1 Å². The number of rotatable bonds is 6. The van der Waals surface area contributed by atoms with Gasteiger partial charge in [-0.15, -0.1) is 10.2 Å². The van der Waals surface area contributed by atoms with E-state index in [-0.39, 0.29) is 0 Å². The first-order valence-corrected chi connectivity index (χ1v) is 7.91. The molecule has 6 nitrogen and oxygen atoms in total. The normalized spacial score (nSPS) is 16.0. The summed E-state index contributed by atoms with van der Waals surface area (Å²) in [6, 6.07) is 5.78. The van der Waals surface area contributed by atoms with Crippen molar-refractivity contribution in [1.82, 2.24) is 20.1 Å². The molecule has 0 bridgehead atoms. The molecule has 0 unspecified atom stereocenters. The van der Waals surface area contributed by atoms with Gasteiger partial charge in [0.2, 0.25) is 0 Å². The lowest BCUT2D eigenvalue weighted by atomic mass is 10.3. The maximum Gasteiger partial charge on any atom is 0.151 e. The van der Waals surface area contributed by atoms with Crippen molar-refractivity contribution < 1.29 is 9.47 Å². The molecule has 3 rings (SSSR count). The second-order valence-corrected chi connectivity index (χ2v) is 5.39. The van der Waals surface area contributed by atoms with Gasteiger partial charge < -0.3 is 9.47 Å². The summed E-state index contributed by atoms with van der Waals surface area (Å²) in [6.45, 7) is 7.53. The number of hydrogen-bond acceptors (Lipinski definition) is 6. The second kappa shape index (κ2) is 7.47. The number of nitrogens with zero attached hydrogens (tertiary/aromatic N) is 4. The first kappa shape index (κ1) is 15.1. The zero-order chi connectivity index (χ0) is 15.2. The summed E-state index contributed by atoms with van der Waals surface area (Å²) in [5, 5.41) is 8.23. The molecular formula is C16H22N4O2. The number of morpholine rings is 1. The Labute approximate surface area is 130 Å². The molecule has 0 saturated carbocycles. The summed E-state index contributed by atoms with van der Waals surface area (Å²) in [4.78, 5) is 6.89. The minimum Gasteiger partial charge on any atom is -0.493 e. The number of fused-ring (bicyclic) bond motifs is 1. The number of aryl methyl sites for hydroxylation is 1. The van der Waals surface area contributed by atoms with Crippen LogP contribution in [0, 0.1) is 0 Å². The van der Waals surface area contributed by atoms with Gasteiger partial charge in [0.25, 0.3) is 0 Å². The first-order valence-electron chi connectivity index (χ1n) is 7.91. The predicted octanol–water partition coefficient (Wildman–Crippen LogP) is 1.69. The Hall–Kier alpha value is -1.79. The molecule has 6 heteroatoms. The zero-order valence-electron chi connectivity index (χ0n) is 13.0. The van der Waals surface area contributed by atoms with Crippen molar-refractivity contribution in [3.05, 3.63) is 24.0 Å².